The van der Waals surface area contributed by atoms with Crippen molar-refractivity contribution in [2.24, 2.45) is 0 Å². The molecule has 94 valence electrons. The van der Waals surface area contributed by atoms with Gasteiger partial charge in [-0.15, -0.1) is 0 Å². The van der Waals surface area contributed by atoms with E-state index in [0.717, 1.165) is 0 Å². The SMILES string of the molecule is CC(=O)c1ccc(C#N)c(NCCCC(=O)O)c1. The van der Waals surface area contributed by atoms with Crippen LogP contribution in [-0.2, 0) is 4.79 Å². The number of benzene rings is 1. The summed E-state index contributed by atoms with van der Waals surface area (Å²) in [7, 11) is 0. The van der Waals surface area contributed by atoms with Gasteiger partial charge in [-0.05, 0) is 31.5 Å². The summed E-state index contributed by atoms with van der Waals surface area (Å²) < 4.78 is 0. The first kappa shape index (κ1) is 13.7. The van der Waals surface area contributed by atoms with E-state index in [1.807, 2.05) is 6.07 Å². The Labute approximate surface area is 105 Å². The molecule has 0 fully saturated rings. The zero-order valence-electron chi connectivity index (χ0n) is 10.1. The Balaban J connectivity index is 2.73. The molecule has 0 saturated heterocycles. The highest BCUT2D eigenvalue weighted by molar-refractivity contribution is 5.95. The molecular weight excluding hydrogens is 232 g/mol. The van der Waals surface area contributed by atoms with E-state index in [2.05, 4.69) is 5.32 Å². The van der Waals surface area contributed by atoms with E-state index in [1.165, 1.54) is 6.92 Å². The first-order chi connectivity index (χ1) is 8.54. The molecule has 0 aliphatic rings. The summed E-state index contributed by atoms with van der Waals surface area (Å²) in [5, 5.41) is 20.4. The maximum absolute atomic E-state index is 11.2. The molecule has 1 aromatic rings. The molecule has 0 bridgehead atoms. The lowest BCUT2D eigenvalue weighted by Gasteiger charge is -2.08. The topological polar surface area (TPSA) is 90.2 Å². The van der Waals surface area contributed by atoms with Crippen molar-refractivity contribution in [3.63, 3.8) is 0 Å². The lowest BCUT2D eigenvalue weighted by atomic mass is 10.1. The Morgan fingerprint density at radius 1 is 1.44 bits per heavy atom. The third kappa shape index (κ3) is 3.91. The van der Waals surface area contributed by atoms with Gasteiger partial charge in [-0.3, -0.25) is 9.59 Å². The molecule has 0 saturated carbocycles. The molecule has 1 rings (SSSR count). The highest BCUT2D eigenvalue weighted by Gasteiger charge is 2.06. The number of ketones is 1. The van der Waals surface area contributed by atoms with E-state index in [-0.39, 0.29) is 12.2 Å². The van der Waals surface area contributed by atoms with E-state index in [4.69, 9.17) is 10.4 Å². The fraction of sp³-hybridized carbons (Fsp3) is 0.308. The summed E-state index contributed by atoms with van der Waals surface area (Å²) in [6.45, 7) is 1.90. The number of nitriles is 1. The van der Waals surface area contributed by atoms with Crippen LogP contribution in [0.25, 0.3) is 0 Å². The zero-order chi connectivity index (χ0) is 13.5. The maximum atomic E-state index is 11.2. The van der Waals surface area contributed by atoms with Crippen molar-refractivity contribution in [3.8, 4) is 6.07 Å². The van der Waals surface area contributed by atoms with Gasteiger partial charge in [-0.2, -0.15) is 5.26 Å². The van der Waals surface area contributed by atoms with Crippen molar-refractivity contribution < 1.29 is 14.7 Å². The van der Waals surface area contributed by atoms with Crippen LogP contribution >= 0.6 is 0 Å². The second kappa shape index (κ2) is 6.40. The number of hydrogen-bond acceptors (Lipinski definition) is 4. The van der Waals surface area contributed by atoms with Gasteiger partial charge >= 0.3 is 5.97 Å². The van der Waals surface area contributed by atoms with Gasteiger partial charge in [0.25, 0.3) is 0 Å². The number of nitrogens with one attached hydrogen (secondary N) is 1. The lowest BCUT2D eigenvalue weighted by Crippen LogP contribution is -2.07. The second-order valence-electron chi connectivity index (χ2n) is 3.85. The van der Waals surface area contributed by atoms with Gasteiger partial charge in [-0.1, -0.05) is 0 Å². The van der Waals surface area contributed by atoms with Crippen LogP contribution < -0.4 is 5.32 Å². The molecular formula is C13H14N2O3. The molecule has 0 heterocycles. The number of carboxylic acid groups (broad SMARTS) is 1. The first-order valence-electron chi connectivity index (χ1n) is 5.55. The average Bonchev–Trinajstić information content (AvgIpc) is 2.34. The van der Waals surface area contributed by atoms with E-state index in [0.29, 0.717) is 29.8 Å². The number of carboxylic acids is 1. The number of anilines is 1. The molecule has 0 amide bonds. The summed E-state index contributed by atoms with van der Waals surface area (Å²) in [5.41, 5.74) is 1.53. The first-order valence-corrected chi connectivity index (χ1v) is 5.55. The molecule has 5 heteroatoms. The molecule has 0 unspecified atom stereocenters. The Kier molecular flexibility index (Phi) is 4.88. The van der Waals surface area contributed by atoms with E-state index in [9.17, 15) is 9.59 Å². The van der Waals surface area contributed by atoms with Gasteiger partial charge in [0.1, 0.15) is 6.07 Å². The van der Waals surface area contributed by atoms with Gasteiger partial charge in [0.05, 0.1) is 11.3 Å². The molecule has 0 radical (unpaired) electrons. The minimum atomic E-state index is -0.852. The predicted octanol–water partition coefficient (Wildman–Crippen LogP) is 2.04. The molecule has 0 atom stereocenters. The van der Waals surface area contributed by atoms with Gasteiger partial charge in [0.2, 0.25) is 0 Å². The van der Waals surface area contributed by atoms with Gasteiger partial charge in [-0.25, -0.2) is 0 Å². The van der Waals surface area contributed by atoms with E-state index in [1.54, 1.807) is 18.2 Å². The minimum Gasteiger partial charge on any atom is -0.481 e. The summed E-state index contributed by atoms with van der Waals surface area (Å²) in [5.74, 6) is -0.928. The highest BCUT2D eigenvalue weighted by atomic mass is 16.4. The van der Waals surface area contributed by atoms with Crippen molar-refractivity contribution >= 4 is 17.4 Å². The van der Waals surface area contributed by atoms with Crippen molar-refractivity contribution in [2.45, 2.75) is 19.8 Å². The van der Waals surface area contributed by atoms with E-state index < -0.39 is 5.97 Å². The van der Waals surface area contributed by atoms with Crippen molar-refractivity contribution in [2.75, 3.05) is 11.9 Å². The Morgan fingerprint density at radius 3 is 2.72 bits per heavy atom. The third-order valence-corrected chi connectivity index (χ3v) is 2.43. The predicted molar refractivity (Wildman–Crippen MR) is 66.5 cm³/mol. The molecule has 5 nitrogen and oxygen atoms in total. The number of Topliss-reactive ketones (excluding diaryl/α,β-unsaturated/α-hetero) is 1. The standard InChI is InChI=1S/C13H14N2O3/c1-9(16)10-4-5-11(8-14)12(7-10)15-6-2-3-13(17)18/h4-5,7,15H,2-3,6H2,1H3,(H,17,18). The third-order valence-electron chi connectivity index (χ3n) is 2.43. The number of nitrogens with zero attached hydrogens (tertiary/aromatic N) is 1. The monoisotopic (exact) mass is 246 g/mol. The Bertz CT molecular complexity index is 503. The second-order valence-corrected chi connectivity index (χ2v) is 3.85. The molecule has 0 aliphatic carbocycles. The number of aliphatic carboxylic acids is 1. The average molecular weight is 246 g/mol. The van der Waals surface area contributed by atoms with Crippen LogP contribution in [0.15, 0.2) is 18.2 Å². The van der Waals surface area contributed by atoms with Crippen LogP contribution in [0, 0.1) is 11.3 Å². The van der Waals surface area contributed by atoms with Crippen molar-refractivity contribution in [1.82, 2.24) is 0 Å². The summed E-state index contributed by atoms with van der Waals surface area (Å²) in [4.78, 5) is 21.6. The number of hydrogen-bond donors (Lipinski definition) is 2. The fourth-order valence-electron chi connectivity index (χ4n) is 1.47. The Hall–Kier alpha value is -2.35. The Morgan fingerprint density at radius 2 is 2.17 bits per heavy atom. The smallest absolute Gasteiger partial charge is 0.303 e. The van der Waals surface area contributed by atoms with Crippen LogP contribution in [0.3, 0.4) is 0 Å². The minimum absolute atomic E-state index is 0.0707. The van der Waals surface area contributed by atoms with Crippen LogP contribution in [0.5, 0.6) is 0 Å². The summed E-state index contributed by atoms with van der Waals surface area (Å²) >= 11 is 0. The van der Waals surface area contributed by atoms with Crippen LogP contribution in [-0.4, -0.2) is 23.4 Å². The summed E-state index contributed by atoms with van der Waals surface area (Å²) in [6, 6.07) is 6.81. The summed E-state index contributed by atoms with van der Waals surface area (Å²) in [6.07, 6.45) is 0.534. The van der Waals surface area contributed by atoms with Crippen molar-refractivity contribution in [1.29, 1.82) is 5.26 Å². The molecule has 2 N–H and O–H groups in total. The molecule has 1 aromatic carbocycles. The van der Waals surface area contributed by atoms with Crippen molar-refractivity contribution in [3.05, 3.63) is 29.3 Å². The van der Waals surface area contributed by atoms with Gasteiger partial charge in [0, 0.05) is 18.5 Å². The molecule has 0 aliphatic heterocycles. The maximum Gasteiger partial charge on any atom is 0.303 e. The molecule has 0 aromatic heterocycles. The quantitative estimate of drug-likeness (QED) is 0.592. The van der Waals surface area contributed by atoms with E-state index >= 15 is 0 Å². The van der Waals surface area contributed by atoms with Gasteiger partial charge in [0.15, 0.2) is 5.78 Å². The highest BCUT2D eigenvalue weighted by Crippen LogP contribution is 2.17. The normalized spacial score (nSPS) is 9.56. The fourth-order valence-corrected chi connectivity index (χ4v) is 1.47. The zero-order valence-corrected chi connectivity index (χ0v) is 10.1. The van der Waals surface area contributed by atoms with Crippen LogP contribution in [0.1, 0.15) is 35.7 Å². The number of carbonyl (C=O) groups excluding carboxylic acids is 1. The lowest BCUT2D eigenvalue weighted by molar-refractivity contribution is -0.137. The largest absolute Gasteiger partial charge is 0.481 e. The van der Waals surface area contributed by atoms with Gasteiger partial charge < -0.3 is 10.4 Å². The van der Waals surface area contributed by atoms with Crippen LogP contribution in [0.2, 0.25) is 0 Å². The number of carbonyl (C=O) groups is 2. The number of rotatable bonds is 6. The molecule has 0 spiro atoms. The molecule has 18 heavy (non-hydrogen) atoms. The van der Waals surface area contributed by atoms with Crippen LogP contribution in [0.4, 0.5) is 5.69 Å².